The Labute approximate surface area is 78.6 Å². The molecule has 0 unspecified atom stereocenters. The maximum absolute atomic E-state index is 11.0. The smallest absolute Gasteiger partial charge is 0.314 e. The van der Waals surface area contributed by atoms with Gasteiger partial charge >= 0.3 is 6.03 Å². The van der Waals surface area contributed by atoms with Gasteiger partial charge in [-0.05, 0) is 6.92 Å². The zero-order valence-corrected chi connectivity index (χ0v) is 8.40. The number of carbonyl (C=O) groups excluding carboxylic acids is 1. The molecule has 0 atom stereocenters. The average Bonchev–Trinajstić information content (AvgIpc) is 2.01. The number of rotatable bonds is 4. The van der Waals surface area contributed by atoms with Gasteiger partial charge in [0.15, 0.2) is 0 Å². The maximum atomic E-state index is 11.0. The van der Waals surface area contributed by atoms with Crippen LogP contribution in [0.5, 0.6) is 0 Å². The standard InChI is InChI=1S/C8H18N4O/c1-4-11-7(13)12-5-8(2,3)6(9)10/h4-5H2,1-3H3,(H3,9,10)(H2,11,12,13). The minimum Gasteiger partial charge on any atom is -0.387 e. The fourth-order valence-electron chi connectivity index (χ4n) is 0.620. The van der Waals surface area contributed by atoms with Crippen LogP contribution in [0.4, 0.5) is 4.79 Å². The van der Waals surface area contributed by atoms with Crippen LogP contribution in [-0.4, -0.2) is 25.0 Å². The van der Waals surface area contributed by atoms with Crippen molar-refractivity contribution in [3.05, 3.63) is 0 Å². The van der Waals surface area contributed by atoms with Crippen molar-refractivity contribution in [1.82, 2.24) is 10.6 Å². The lowest BCUT2D eigenvalue weighted by Crippen LogP contribution is -2.45. The van der Waals surface area contributed by atoms with Crippen LogP contribution in [0.15, 0.2) is 0 Å². The fourth-order valence-corrected chi connectivity index (χ4v) is 0.620. The van der Waals surface area contributed by atoms with Gasteiger partial charge in [-0.3, -0.25) is 5.41 Å². The first-order valence-corrected chi connectivity index (χ1v) is 4.26. The lowest BCUT2D eigenvalue weighted by atomic mass is 9.92. The van der Waals surface area contributed by atoms with E-state index in [-0.39, 0.29) is 11.9 Å². The van der Waals surface area contributed by atoms with Gasteiger partial charge in [-0.15, -0.1) is 0 Å². The van der Waals surface area contributed by atoms with Crippen LogP contribution in [-0.2, 0) is 0 Å². The molecule has 0 fully saturated rings. The van der Waals surface area contributed by atoms with Gasteiger partial charge < -0.3 is 16.4 Å². The molecule has 0 heterocycles. The molecule has 0 spiro atoms. The zero-order chi connectivity index (χ0) is 10.5. The molecule has 0 aromatic rings. The third kappa shape index (κ3) is 4.35. The van der Waals surface area contributed by atoms with Crippen molar-refractivity contribution in [2.75, 3.05) is 13.1 Å². The number of nitrogens with one attached hydrogen (secondary N) is 3. The highest BCUT2D eigenvalue weighted by atomic mass is 16.2. The Morgan fingerprint density at radius 1 is 1.46 bits per heavy atom. The van der Waals surface area contributed by atoms with Crippen LogP contribution in [0.25, 0.3) is 0 Å². The van der Waals surface area contributed by atoms with E-state index in [0.29, 0.717) is 13.1 Å². The summed E-state index contributed by atoms with van der Waals surface area (Å²) in [5.41, 5.74) is 4.86. The molecule has 0 bridgehead atoms. The van der Waals surface area contributed by atoms with E-state index in [4.69, 9.17) is 11.1 Å². The van der Waals surface area contributed by atoms with E-state index >= 15 is 0 Å². The third-order valence-electron chi connectivity index (χ3n) is 1.76. The largest absolute Gasteiger partial charge is 0.387 e. The van der Waals surface area contributed by atoms with Gasteiger partial charge in [0.05, 0.1) is 5.84 Å². The first-order chi connectivity index (χ1) is 5.90. The van der Waals surface area contributed by atoms with E-state index in [0.717, 1.165) is 0 Å². The summed E-state index contributed by atoms with van der Waals surface area (Å²) in [6.07, 6.45) is 0. The number of urea groups is 1. The monoisotopic (exact) mass is 186 g/mol. The molecule has 0 aliphatic heterocycles. The summed E-state index contributed by atoms with van der Waals surface area (Å²) < 4.78 is 0. The lowest BCUT2D eigenvalue weighted by molar-refractivity contribution is 0.238. The van der Waals surface area contributed by atoms with Crippen LogP contribution in [0.3, 0.4) is 0 Å². The number of amidine groups is 1. The molecule has 76 valence electrons. The molecule has 5 N–H and O–H groups in total. The third-order valence-corrected chi connectivity index (χ3v) is 1.76. The van der Waals surface area contributed by atoms with Gasteiger partial charge in [-0.1, -0.05) is 13.8 Å². The van der Waals surface area contributed by atoms with E-state index in [2.05, 4.69) is 10.6 Å². The Bertz CT molecular complexity index is 200. The summed E-state index contributed by atoms with van der Waals surface area (Å²) in [5, 5.41) is 12.5. The molecular formula is C8H18N4O. The van der Waals surface area contributed by atoms with Crippen molar-refractivity contribution in [2.45, 2.75) is 20.8 Å². The van der Waals surface area contributed by atoms with Crippen molar-refractivity contribution in [2.24, 2.45) is 11.1 Å². The predicted molar refractivity (Wildman–Crippen MR) is 52.8 cm³/mol. The molecule has 0 aromatic carbocycles. The van der Waals surface area contributed by atoms with Crippen molar-refractivity contribution in [3.8, 4) is 0 Å². The molecule has 0 saturated heterocycles. The van der Waals surface area contributed by atoms with E-state index in [9.17, 15) is 4.79 Å². The zero-order valence-electron chi connectivity index (χ0n) is 8.40. The summed E-state index contributed by atoms with van der Waals surface area (Å²) in [4.78, 5) is 11.0. The van der Waals surface area contributed by atoms with E-state index in [1.54, 1.807) is 0 Å². The van der Waals surface area contributed by atoms with Crippen LogP contribution >= 0.6 is 0 Å². The second-order valence-corrected chi connectivity index (χ2v) is 3.51. The summed E-state index contributed by atoms with van der Waals surface area (Å²) in [6, 6.07) is -0.225. The topological polar surface area (TPSA) is 91.0 Å². The predicted octanol–water partition coefficient (Wildman–Crippen LogP) is 0.268. The first-order valence-electron chi connectivity index (χ1n) is 4.26. The van der Waals surface area contributed by atoms with E-state index in [1.807, 2.05) is 20.8 Å². The molecule has 0 aromatic heterocycles. The summed E-state index contributed by atoms with van der Waals surface area (Å²) in [7, 11) is 0. The van der Waals surface area contributed by atoms with Crippen molar-refractivity contribution >= 4 is 11.9 Å². The Morgan fingerprint density at radius 2 is 2.00 bits per heavy atom. The van der Waals surface area contributed by atoms with Gasteiger partial charge in [0.1, 0.15) is 0 Å². The lowest BCUT2D eigenvalue weighted by Gasteiger charge is -2.23. The highest BCUT2D eigenvalue weighted by Gasteiger charge is 2.21. The summed E-state index contributed by atoms with van der Waals surface area (Å²) in [6.45, 7) is 6.42. The van der Waals surface area contributed by atoms with Crippen LogP contribution in [0.2, 0.25) is 0 Å². The van der Waals surface area contributed by atoms with Crippen molar-refractivity contribution in [1.29, 1.82) is 5.41 Å². The molecule has 0 aliphatic carbocycles. The minimum atomic E-state index is -0.481. The first kappa shape index (κ1) is 11.7. The van der Waals surface area contributed by atoms with Crippen LogP contribution in [0.1, 0.15) is 20.8 Å². The number of hydrogen-bond donors (Lipinski definition) is 4. The van der Waals surface area contributed by atoms with Gasteiger partial charge in [-0.25, -0.2) is 4.79 Å². The van der Waals surface area contributed by atoms with Gasteiger partial charge in [0, 0.05) is 18.5 Å². The average molecular weight is 186 g/mol. The van der Waals surface area contributed by atoms with E-state index in [1.165, 1.54) is 0 Å². The minimum absolute atomic E-state index is 0.0734. The molecule has 5 heteroatoms. The number of amides is 2. The molecule has 0 aliphatic rings. The van der Waals surface area contributed by atoms with Gasteiger partial charge in [-0.2, -0.15) is 0 Å². The van der Waals surface area contributed by atoms with E-state index < -0.39 is 5.41 Å². The van der Waals surface area contributed by atoms with Crippen LogP contribution in [0, 0.1) is 10.8 Å². The normalized spacial score (nSPS) is 10.7. The Balaban J connectivity index is 3.88. The Hall–Kier alpha value is -1.26. The summed E-state index contributed by atoms with van der Waals surface area (Å²) in [5.74, 6) is 0.0734. The highest BCUT2D eigenvalue weighted by Crippen LogP contribution is 2.11. The number of hydrogen-bond acceptors (Lipinski definition) is 2. The Morgan fingerprint density at radius 3 is 2.38 bits per heavy atom. The van der Waals surface area contributed by atoms with Gasteiger partial charge in [0.25, 0.3) is 0 Å². The molecule has 13 heavy (non-hydrogen) atoms. The molecule has 0 rings (SSSR count). The van der Waals surface area contributed by atoms with Crippen molar-refractivity contribution in [3.63, 3.8) is 0 Å². The SMILES string of the molecule is CCNC(=O)NCC(C)(C)C(=N)N. The molecule has 5 nitrogen and oxygen atoms in total. The quantitative estimate of drug-likeness (QED) is 0.375. The second-order valence-electron chi connectivity index (χ2n) is 3.51. The summed E-state index contributed by atoms with van der Waals surface area (Å²) >= 11 is 0. The molecular weight excluding hydrogens is 168 g/mol. The maximum Gasteiger partial charge on any atom is 0.314 e. The molecule has 0 radical (unpaired) electrons. The number of nitrogens with two attached hydrogens (primary N) is 1. The van der Waals surface area contributed by atoms with Gasteiger partial charge in [0.2, 0.25) is 0 Å². The second kappa shape index (κ2) is 4.69. The highest BCUT2D eigenvalue weighted by molar-refractivity contribution is 5.84. The Kier molecular flexibility index (Phi) is 4.23. The van der Waals surface area contributed by atoms with Crippen molar-refractivity contribution < 1.29 is 4.79 Å². The number of carbonyl (C=O) groups is 1. The molecule has 0 saturated carbocycles. The fraction of sp³-hybridized carbons (Fsp3) is 0.750. The molecule has 2 amide bonds. The van der Waals surface area contributed by atoms with Crippen LogP contribution < -0.4 is 16.4 Å².